The number of carbonyl (C=O) groups is 1. The fourth-order valence-corrected chi connectivity index (χ4v) is 3.21. The molecule has 0 aromatic carbocycles. The quantitative estimate of drug-likeness (QED) is 0.488. The highest BCUT2D eigenvalue weighted by Crippen LogP contribution is 2.31. The predicted molar refractivity (Wildman–Crippen MR) is 81.7 cm³/mol. The molecule has 0 spiro atoms. The molecule has 6 heteroatoms. The number of aryl methyl sites for hydroxylation is 1. The molecular weight excluding hydrogens is 286 g/mol. The summed E-state index contributed by atoms with van der Waals surface area (Å²) in [5.74, 6) is 6.30. The molecule has 1 aliphatic rings. The Morgan fingerprint density at radius 3 is 2.95 bits per heavy atom. The van der Waals surface area contributed by atoms with E-state index < -0.39 is 0 Å². The van der Waals surface area contributed by atoms with E-state index in [9.17, 15) is 4.79 Å². The highest BCUT2D eigenvalue weighted by Gasteiger charge is 2.30. The number of amides is 1. The van der Waals surface area contributed by atoms with E-state index >= 15 is 0 Å². The Kier molecular flexibility index (Phi) is 4.10. The van der Waals surface area contributed by atoms with Crippen molar-refractivity contribution in [3.8, 4) is 0 Å². The molecule has 1 saturated carbocycles. The van der Waals surface area contributed by atoms with Crippen LogP contribution in [0.2, 0.25) is 0 Å². The minimum atomic E-state index is -0.307. The van der Waals surface area contributed by atoms with E-state index in [-0.39, 0.29) is 5.91 Å². The molecule has 112 valence electrons. The van der Waals surface area contributed by atoms with Gasteiger partial charge in [-0.3, -0.25) is 15.1 Å². The second kappa shape index (κ2) is 6.01. The van der Waals surface area contributed by atoms with Crippen molar-refractivity contribution in [3.63, 3.8) is 0 Å². The third kappa shape index (κ3) is 3.34. The zero-order valence-corrected chi connectivity index (χ0v) is 12.8. The number of hydrazine groups is 1. The number of nitrogens with zero attached hydrogens (tertiary/aromatic N) is 1. The number of nitrogens with one attached hydrogen (secondary N) is 1. The van der Waals surface area contributed by atoms with Gasteiger partial charge < -0.3 is 4.42 Å². The van der Waals surface area contributed by atoms with Crippen LogP contribution < -0.4 is 11.3 Å². The first-order valence-corrected chi connectivity index (χ1v) is 7.92. The van der Waals surface area contributed by atoms with E-state index in [0.717, 1.165) is 18.8 Å². The summed E-state index contributed by atoms with van der Waals surface area (Å²) in [5.41, 5.74) is 2.66. The Balaban J connectivity index is 1.72. The fraction of sp³-hybridized carbons (Fsp3) is 0.400. The molecule has 1 amide bonds. The van der Waals surface area contributed by atoms with Gasteiger partial charge in [0.1, 0.15) is 11.5 Å². The van der Waals surface area contributed by atoms with E-state index in [0.29, 0.717) is 17.4 Å². The van der Waals surface area contributed by atoms with Crippen LogP contribution in [-0.4, -0.2) is 16.8 Å². The van der Waals surface area contributed by atoms with Crippen LogP contribution in [0.25, 0.3) is 0 Å². The normalized spacial score (nSPS) is 14.6. The van der Waals surface area contributed by atoms with Crippen molar-refractivity contribution in [2.75, 3.05) is 0 Å². The standard InChI is InChI=1S/C15H19N3O2S/c1-10-14(15(19)17-16)7-12(20-10)8-18(11-4-5-11)9-13-3-2-6-21-13/h2-3,6-7,11H,4-5,8-9,16H2,1H3,(H,17,19). The Hall–Kier alpha value is -1.63. The SMILES string of the molecule is Cc1oc(CN(Cc2cccs2)C2CC2)cc1C(=O)NN. The summed E-state index contributed by atoms with van der Waals surface area (Å²) in [4.78, 5) is 15.4. The van der Waals surface area contributed by atoms with Gasteiger partial charge in [-0.2, -0.15) is 0 Å². The lowest BCUT2D eigenvalue weighted by atomic mass is 10.2. The summed E-state index contributed by atoms with van der Waals surface area (Å²) in [6.45, 7) is 3.44. The predicted octanol–water partition coefficient (Wildman–Crippen LogP) is 2.42. The van der Waals surface area contributed by atoms with Gasteiger partial charge in [0.15, 0.2) is 0 Å². The van der Waals surface area contributed by atoms with Crippen LogP contribution in [0.3, 0.4) is 0 Å². The maximum atomic E-state index is 11.6. The topological polar surface area (TPSA) is 71.5 Å². The number of thiophene rings is 1. The fourth-order valence-electron chi connectivity index (χ4n) is 2.48. The van der Waals surface area contributed by atoms with Gasteiger partial charge in [0.25, 0.3) is 5.91 Å². The van der Waals surface area contributed by atoms with Gasteiger partial charge in [-0.15, -0.1) is 11.3 Å². The maximum absolute atomic E-state index is 11.6. The molecule has 0 atom stereocenters. The van der Waals surface area contributed by atoms with Crippen LogP contribution in [0, 0.1) is 6.92 Å². The highest BCUT2D eigenvalue weighted by atomic mass is 32.1. The number of carbonyl (C=O) groups excluding carboxylic acids is 1. The molecule has 0 radical (unpaired) electrons. The van der Waals surface area contributed by atoms with Crippen molar-refractivity contribution < 1.29 is 9.21 Å². The Bertz CT molecular complexity index is 617. The first-order chi connectivity index (χ1) is 10.2. The van der Waals surface area contributed by atoms with Crippen molar-refractivity contribution in [1.29, 1.82) is 0 Å². The van der Waals surface area contributed by atoms with Gasteiger partial charge in [0, 0.05) is 17.5 Å². The van der Waals surface area contributed by atoms with Crippen molar-refractivity contribution in [2.45, 2.75) is 38.9 Å². The molecule has 1 fully saturated rings. The van der Waals surface area contributed by atoms with Crippen LogP contribution in [0.5, 0.6) is 0 Å². The molecule has 3 rings (SSSR count). The van der Waals surface area contributed by atoms with E-state index in [2.05, 4.69) is 27.8 Å². The molecule has 0 aliphatic heterocycles. The molecule has 0 unspecified atom stereocenters. The van der Waals surface area contributed by atoms with Gasteiger partial charge in [0.2, 0.25) is 0 Å². The van der Waals surface area contributed by atoms with E-state index in [1.165, 1.54) is 17.7 Å². The summed E-state index contributed by atoms with van der Waals surface area (Å²) >= 11 is 1.77. The molecule has 2 aromatic rings. The van der Waals surface area contributed by atoms with Gasteiger partial charge in [0.05, 0.1) is 12.1 Å². The van der Waals surface area contributed by atoms with Crippen molar-refractivity contribution in [2.24, 2.45) is 5.84 Å². The van der Waals surface area contributed by atoms with E-state index in [1.54, 1.807) is 24.3 Å². The average molecular weight is 305 g/mol. The van der Waals surface area contributed by atoms with Crippen molar-refractivity contribution >= 4 is 17.2 Å². The Morgan fingerprint density at radius 2 is 2.33 bits per heavy atom. The summed E-state index contributed by atoms with van der Waals surface area (Å²) < 4.78 is 5.71. The molecule has 5 nitrogen and oxygen atoms in total. The molecule has 2 aromatic heterocycles. The number of nitrogens with two attached hydrogens (primary N) is 1. The smallest absolute Gasteiger partial charge is 0.268 e. The number of furan rings is 1. The first kappa shape index (κ1) is 14.3. The van der Waals surface area contributed by atoms with Crippen LogP contribution in [0.4, 0.5) is 0 Å². The van der Waals surface area contributed by atoms with Gasteiger partial charge >= 0.3 is 0 Å². The second-order valence-electron chi connectivity index (χ2n) is 5.37. The van der Waals surface area contributed by atoms with Crippen LogP contribution in [0.1, 0.15) is 39.6 Å². The third-order valence-electron chi connectivity index (χ3n) is 3.71. The number of rotatable bonds is 6. The summed E-state index contributed by atoms with van der Waals surface area (Å²) in [7, 11) is 0. The zero-order valence-electron chi connectivity index (χ0n) is 12.0. The Morgan fingerprint density at radius 1 is 1.52 bits per heavy atom. The van der Waals surface area contributed by atoms with Crippen molar-refractivity contribution in [3.05, 3.63) is 45.5 Å². The second-order valence-corrected chi connectivity index (χ2v) is 6.40. The van der Waals surface area contributed by atoms with Gasteiger partial charge in [-0.1, -0.05) is 6.07 Å². The molecular formula is C15H19N3O2S. The third-order valence-corrected chi connectivity index (χ3v) is 4.57. The summed E-state index contributed by atoms with van der Waals surface area (Å²) in [6, 6.07) is 6.65. The van der Waals surface area contributed by atoms with E-state index in [4.69, 9.17) is 10.3 Å². The lowest BCUT2D eigenvalue weighted by Gasteiger charge is -2.19. The van der Waals surface area contributed by atoms with Crippen LogP contribution >= 0.6 is 11.3 Å². The lowest BCUT2D eigenvalue weighted by Crippen LogP contribution is -2.30. The van der Waals surface area contributed by atoms with E-state index in [1.807, 2.05) is 0 Å². The molecule has 21 heavy (non-hydrogen) atoms. The minimum Gasteiger partial charge on any atom is -0.464 e. The first-order valence-electron chi connectivity index (χ1n) is 7.04. The Labute approximate surface area is 127 Å². The summed E-state index contributed by atoms with van der Waals surface area (Å²) in [5, 5.41) is 2.10. The molecule has 0 saturated heterocycles. The molecule has 0 bridgehead atoms. The lowest BCUT2D eigenvalue weighted by molar-refractivity contribution is 0.0952. The van der Waals surface area contributed by atoms with Crippen LogP contribution in [0.15, 0.2) is 28.0 Å². The van der Waals surface area contributed by atoms with Gasteiger partial charge in [-0.25, -0.2) is 5.84 Å². The number of hydrogen-bond donors (Lipinski definition) is 2. The van der Waals surface area contributed by atoms with Crippen LogP contribution in [-0.2, 0) is 13.1 Å². The average Bonchev–Trinajstić information content (AvgIpc) is 3.08. The number of nitrogen functional groups attached to an aromatic ring is 1. The maximum Gasteiger partial charge on any atom is 0.268 e. The number of hydrogen-bond acceptors (Lipinski definition) is 5. The largest absolute Gasteiger partial charge is 0.464 e. The monoisotopic (exact) mass is 305 g/mol. The van der Waals surface area contributed by atoms with Crippen molar-refractivity contribution in [1.82, 2.24) is 10.3 Å². The minimum absolute atomic E-state index is 0.307. The molecule has 2 heterocycles. The molecule has 3 N–H and O–H groups in total. The highest BCUT2D eigenvalue weighted by molar-refractivity contribution is 7.09. The summed E-state index contributed by atoms with van der Waals surface area (Å²) in [6.07, 6.45) is 2.47. The molecule has 1 aliphatic carbocycles. The zero-order chi connectivity index (χ0) is 14.8. The van der Waals surface area contributed by atoms with Gasteiger partial charge in [-0.05, 0) is 37.3 Å².